The van der Waals surface area contributed by atoms with Crippen molar-refractivity contribution in [2.75, 3.05) is 32.9 Å². The van der Waals surface area contributed by atoms with Crippen LogP contribution < -0.4 is 5.32 Å². The van der Waals surface area contributed by atoms with Gasteiger partial charge in [0.05, 0.1) is 19.3 Å². The van der Waals surface area contributed by atoms with Crippen LogP contribution in [0, 0.1) is 5.92 Å². The first-order valence-corrected chi connectivity index (χ1v) is 7.90. The Labute approximate surface area is 122 Å². The van der Waals surface area contributed by atoms with Gasteiger partial charge in [0.15, 0.2) is 0 Å². The van der Waals surface area contributed by atoms with E-state index in [1.165, 1.54) is 0 Å². The van der Waals surface area contributed by atoms with Gasteiger partial charge in [-0.3, -0.25) is 0 Å². The summed E-state index contributed by atoms with van der Waals surface area (Å²) in [6.45, 7) is 7.89. The lowest BCUT2D eigenvalue weighted by atomic mass is 9.94. The van der Waals surface area contributed by atoms with Gasteiger partial charge in [0.25, 0.3) is 0 Å². The van der Waals surface area contributed by atoms with E-state index in [4.69, 9.17) is 9.47 Å². The zero-order valence-corrected chi connectivity index (χ0v) is 12.8. The molecule has 0 aromatic carbocycles. The average molecular weight is 284 g/mol. The van der Waals surface area contributed by atoms with E-state index in [0.29, 0.717) is 25.8 Å². The third-order valence-electron chi connectivity index (χ3n) is 4.25. The van der Waals surface area contributed by atoms with Crippen LogP contribution in [0.5, 0.6) is 0 Å². The summed E-state index contributed by atoms with van der Waals surface area (Å²) in [5.41, 5.74) is 0. The quantitative estimate of drug-likeness (QED) is 0.786. The van der Waals surface area contributed by atoms with Gasteiger partial charge in [-0.05, 0) is 38.5 Å². The highest BCUT2D eigenvalue weighted by atomic mass is 16.5. The third-order valence-corrected chi connectivity index (χ3v) is 4.25. The summed E-state index contributed by atoms with van der Waals surface area (Å²) >= 11 is 0. The number of rotatable bonds is 5. The number of nitrogens with zero attached hydrogens (tertiary/aromatic N) is 1. The fourth-order valence-corrected chi connectivity index (χ4v) is 3.03. The van der Waals surface area contributed by atoms with E-state index in [1.54, 1.807) is 0 Å². The molecule has 2 saturated heterocycles. The number of carbonyl (C=O) groups is 1. The lowest BCUT2D eigenvalue weighted by molar-refractivity contribution is 0.0184. The molecule has 2 amide bonds. The van der Waals surface area contributed by atoms with Crippen molar-refractivity contribution in [1.82, 2.24) is 10.2 Å². The Kier molecular flexibility index (Phi) is 6.10. The molecular formula is C15H28N2O3. The van der Waals surface area contributed by atoms with Crippen LogP contribution in [0.15, 0.2) is 0 Å². The molecule has 5 nitrogen and oxygen atoms in total. The predicted molar refractivity (Wildman–Crippen MR) is 77.8 cm³/mol. The van der Waals surface area contributed by atoms with E-state index in [1.807, 2.05) is 4.90 Å². The number of urea groups is 1. The van der Waals surface area contributed by atoms with Crippen LogP contribution in [0.1, 0.15) is 39.5 Å². The maximum atomic E-state index is 12.1. The SMILES string of the molecule is C[C@@H]1CCN(C(=O)NCCOC[C@@H]2CCCO2)[C@@H](C)C1. The van der Waals surface area contributed by atoms with Gasteiger partial charge in [-0.25, -0.2) is 4.79 Å². The number of likely N-dealkylation sites (tertiary alicyclic amines) is 1. The highest BCUT2D eigenvalue weighted by Gasteiger charge is 2.26. The van der Waals surface area contributed by atoms with Crippen molar-refractivity contribution in [1.29, 1.82) is 0 Å². The number of carbonyl (C=O) groups excluding carboxylic acids is 1. The second-order valence-corrected chi connectivity index (χ2v) is 6.11. The van der Waals surface area contributed by atoms with E-state index in [9.17, 15) is 4.79 Å². The molecule has 0 spiro atoms. The summed E-state index contributed by atoms with van der Waals surface area (Å²) in [5, 5.41) is 2.94. The minimum absolute atomic E-state index is 0.0464. The highest BCUT2D eigenvalue weighted by molar-refractivity contribution is 5.74. The molecule has 0 aromatic rings. The topological polar surface area (TPSA) is 50.8 Å². The minimum atomic E-state index is 0.0464. The van der Waals surface area contributed by atoms with Gasteiger partial charge in [-0.15, -0.1) is 0 Å². The fraction of sp³-hybridized carbons (Fsp3) is 0.933. The van der Waals surface area contributed by atoms with Gasteiger partial charge in [0.2, 0.25) is 0 Å². The monoisotopic (exact) mass is 284 g/mol. The second-order valence-electron chi connectivity index (χ2n) is 6.11. The number of nitrogens with one attached hydrogen (secondary N) is 1. The molecule has 0 bridgehead atoms. The largest absolute Gasteiger partial charge is 0.377 e. The smallest absolute Gasteiger partial charge is 0.317 e. The van der Waals surface area contributed by atoms with Crippen LogP contribution in [0.4, 0.5) is 4.79 Å². The van der Waals surface area contributed by atoms with Crippen molar-refractivity contribution in [2.24, 2.45) is 5.92 Å². The first-order chi connectivity index (χ1) is 9.66. The molecular weight excluding hydrogens is 256 g/mol. The maximum absolute atomic E-state index is 12.1. The van der Waals surface area contributed by atoms with Crippen LogP contribution in [0.2, 0.25) is 0 Å². The van der Waals surface area contributed by atoms with Gasteiger partial charge in [-0.1, -0.05) is 6.92 Å². The molecule has 0 unspecified atom stereocenters. The van der Waals surface area contributed by atoms with E-state index in [2.05, 4.69) is 19.2 Å². The number of amides is 2. The Hall–Kier alpha value is -0.810. The van der Waals surface area contributed by atoms with Gasteiger partial charge in [0.1, 0.15) is 0 Å². The van der Waals surface area contributed by atoms with Crippen molar-refractivity contribution in [3.63, 3.8) is 0 Å². The zero-order valence-electron chi connectivity index (χ0n) is 12.8. The summed E-state index contributed by atoms with van der Waals surface area (Å²) in [6.07, 6.45) is 4.69. The summed E-state index contributed by atoms with van der Waals surface area (Å²) in [7, 11) is 0. The van der Waals surface area contributed by atoms with Gasteiger partial charge < -0.3 is 19.7 Å². The molecule has 2 aliphatic rings. The molecule has 0 radical (unpaired) electrons. The second kappa shape index (κ2) is 7.84. The van der Waals surface area contributed by atoms with Crippen LogP contribution >= 0.6 is 0 Å². The van der Waals surface area contributed by atoms with Crippen molar-refractivity contribution < 1.29 is 14.3 Å². The average Bonchev–Trinajstić information content (AvgIpc) is 2.91. The van der Waals surface area contributed by atoms with Crippen LogP contribution in [-0.4, -0.2) is 56.0 Å². The maximum Gasteiger partial charge on any atom is 0.317 e. The van der Waals surface area contributed by atoms with Crippen LogP contribution in [0.3, 0.4) is 0 Å². The van der Waals surface area contributed by atoms with Crippen molar-refractivity contribution in [3.8, 4) is 0 Å². The Bertz CT molecular complexity index is 305. The Morgan fingerprint density at radius 1 is 1.40 bits per heavy atom. The van der Waals surface area contributed by atoms with Gasteiger partial charge >= 0.3 is 6.03 Å². The fourth-order valence-electron chi connectivity index (χ4n) is 3.03. The van der Waals surface area contributed by atoms with Crippen molar-refractivity contribution in [3.05, 3.63) is 0 Å². The summed E-state index contributed by atoms with van der Waals surface area (Å²) in [6, 6.07) is 0.386. The molecule has 0 aromatic heterocycles. The predicted octanol–water partition coefficient (Wildman–Crippen LogP) is 2.01. The molecule has 5 heteroatoms. The highest BCUT2D eigenvalue weighted by Crippen LogP contribution is 2.21. The molecule has 2 rings (SSSR count). The lowest BCUT2D eigenvalue weighted by Crippen LogP contribution is -2.49. The number of ether oxygens (including phenoxy) is 2. The lowest BCUT2D eigenvalue weighted by Gasteiger charge is -2.36. The van der Waals surface area contributed by atoms with Gasteiger partial charge in [0, 0.05) is 25.7 Å². The molecule has 0 aliphatic carbocycles. The van der Waals surface area contributed by atoms with Gasteiger partial charge in [-0.2, -0.15) is 0 Å². The zero-order chi connectivity index (χ0) is 14.4. The Balaban J connectivity index is 1.55. The number of hydrogen-bond acceptors (Lipinski definition) is 3. The van der Waals surface area contributed by atoms with E-state index >= 15 is 0 Å². The third kappa shape index (κ3) is 4.63. The molecule has 1 N–H and O–H groups in total. The number of piperidine rings is 1. The molecule has 2 heterocycles. The first kappa shape index (κ1) is 15.6. The normalized spacial score (nSPS) is 30.5. The molecule has 2 aliphatic heterocycles. The molecule has 20 heavy (non-hydrogen) atoms. The van der Waals surface area contributed by atoms with E-state index in [-0.39, 0.29) is 12.1 Å². The standard InChI is InChI=1S/C15H28N2O3/c1-12-5-7-17(13(2)10-12)15(18)16-6-9-19-11-14-4-3-8-20-14/h12-14H,3-11H2,1-2H3,(H,16,18)/t12-,13+,14+/m1/s1. The molecule has 116 valence electrons. The minimum Gasteiger partial charge on any atom is -0.377 e. The Morgan fingerprint density at radius 2 is 2.25 bits per heavy atom. The van der Waals surface area contributed by atoms with Crippen molar-refractivity contribution >= 4 is 6.03 Å². The molecule has 2 fully saturated rings. The van der Waals surface area contributed by atoms with E-state index in [0.717, 1.165) is 44.8 Å². The van der Waals surface area contributed by atoms with Crippen LogP contribution in [0.25, 0.3) is 0 Å². The molecule has 3 atom stereocenters. The first-order valence-electron chi connectivity index (χ1n) is 7.90. The summed E-state index contributed by atoms with van der Waals surface area (Å²) < 4.78 is 11.0. The summed E-state index contributed by atoms with van der Waals surface area (Å²) in [5.74, 6) is 0.726. The molecule has 0 saturated carbocycles. The van der Waals surface area contributed by atoms with E-state index < -0.39 is 0 Å². The number of hydrogen-bond donors (Lipinski definition) is 1. The Morgan fingerprint density at radius 3 is 2.95 bits per heavy atom. The summed E-state index contributed by atoms with van der Waals surface area (Å²) in [4.78, 5) is 14.0. The van der Waals surface area contributed by atoms with Crippen molar-refractivity contribution in [2.45, 2.75) is 51.7 Å². The van der Waals surface area contributed by atoms with Crippen LogP contribution in [-0.2, 0) is 9.47 Å².